The zero-order valence-corrected chi connectivity index (χ0v) is 11.9. The van der Waals surface area contributed by atoms with E-state index >= 15 is 0 Å². The Kier molecular flexibility index (Phi) is 4.41. The van der Waals surface area contributed by atoms with Gasteiger partial charge in [0.2, 0.25) is 0 Å². The van der Waals surface area contributed by atoms with Gasteiger partial charge in [-0.15, -0.1) is 0 Å². The number of rotatable bonds is 4. The lowest BCUT2D eigenvalue weighted by molar-refractivity contribution is 0.0951. The van der Waals surface area contributed by atoms with Crippen molar-refractivity contribution in [3.8, 4) is 0 Å². The van der Waals surface area contributed by atoms with Crippen LogP contribution in [0.25, 0.3) is 0 Å². The molecule has 0 fully saturated rings. The molecule has 3 nitrogen and oxygen atoms in total. The number of anilines is 1. The SMILES string of the molecule is CC(C)c1ccc(C(=O)NCc2ccc(N)cc2)cc1. The highest BCUT2D eigenvalue weighted by Gasteiger charge is 2.06. The summed E-state index contributed by atoms with van der Waals surface area (Å²) >= 11 is 0. The molecule has 3 N–H and O–H groups in total. The van der Waals surface area contributed by atoms with Crippen LogP contribution in [0.2, 0.25) is 0 Å². The van der Waals surface area contributed by atoms with E-state index in [0.29, 0.717) is 18.0 Å². The van der Waals surface area contributed by atoms with Crippen LogP contribution in [0.3, 0.4) is 0 Å². The Balaban J connectivity index is 1.96. The molecule has 1 amide bonds. The van der Waals surface area contributed by atoms with Crippen molar-refractivity contribution >= 4 is 11.6 Å². The number of carbonyl (C=O) groups is 1. The number of amides is 1. The minimum Gasteiger partial charge on any atom is -0.399 e. The topological polar surface area (TPSA) is 55.1 Å². The number of nitrogens with one attached hydrogen (secondary N) is 1. The van der Waals surface area contributed by atoms with Crippen LogP contribution in [0.15, 0.2) is 48.5 Å². The van der Waals surface area contributed by atoms with E-state index in [0.717, 1.165) is 11.3 Å². The standard InChI is InChI=1S/C17H20N2O/c1-12(2)14-5-7-15(8-6-14)17(20)19-11-13-3-9-16(18)10-4-13/h3-10,12H,11,18H2,1-2H3,(H,19,20). The Morgan fingerprint density at radius 1 is 1.05 bits per heavy atom. The molecule has 20 heavy (non-hydrogen) atoms. The van der Waals surface area contributed by atoms with Crippen molar-refractivity contribution in [1.82, 2.24) is 5.32 Å². The average molecular weight is 268 g/mol. The Morgan fingerprint density at radius 3 is 2.20 bits per heavy atom. The summed E-state index contributed by atoms with van der Waals surface area (Å²) in [4.78, 5) is 12.0. The van der Waals surface area contributed by atoms with E-state index in [9.17, 15) is 4.79 Å². The fourth-order valence-corrected chi connectivity index (χ4v) is 1.94. The van der Waals surface area contributed by atoms with Gasteiger partial charge >= 0.3 is 0 Å². The highest BCUT2D eigenvalue weighted by Crippen LogP contribution is 2.14. The third-order valence-corrected chi connectivity index (χ3v) is 3.27. The molecule has 0 unspecified atom stereocenters. The maximum atomic E-state index is 12.0. The predicted molar refractivity (Wildman–Crippen MR) is 82.6 cm³/mol. The highest BCUT2D eigenvalue weighted by atomic mass is 16.1. The van der Waals surface area contributed by atoms with Crippen molar-refractivity contribution < 1.29 is 4.79 Å². The first-order chi connectivity index (χ1) is 9.56. The van der Waals surface area contributed by atoms with E-state index in [2.05, 4.69) is 19.2 Å². The van der Waals surface area contributed by atoms with Gasteiger partial charge in [0.15, 0.2) is 0 Å². The van der Waals surface area contributed by atoms with E-state index in [1.807, 2.05) is 48.5 Å². The van der Waals surface area contributed by atoms with Gasteiger partial charge in [0.1, 0.15) is 0 Å². The summed E-state index contributed by atoms with van der Waals surface area (Å²) in [7, 11) is 0. The zero-order valence-electron chi connectivity index (χ0n) is 11.9. The summed E-state index contributed by atoms with van der Waals surface area (Å²) in [5.74, 6) is 0.416. The number of carbonyl (C=O) groups excluding carboxylic acids is 1. The van der Waals surface area contributed by atoms with Crippen LogP contribution in [0.4, 0.5) is 5.69 Å². The van der Waals surface area contributed by atoms with Gasteiger partial charge in [0.05, 0.1) is 0 Å². The molecule has 0 aromatic heterocycles. The van der Waals surface area contributed by atoms with Crippen molar-refractivity contribution in [3.63, 3.8) is 0 Å². The van der Waals surface area contributed by atoms with Gasteiger partial charge in [-0.25, -0.2) is 0 Å². The quantitative estimate of drug-likeness (QED) is 0.836. The molecule has 0 saturated carbocycles. The second-order valence-electron chi connectivity index (χ2n) is 5.20. The van der Waals surface area contributed by atoms with Gasteiger partial charge in [-0.1, -0.05) is 38.1 Å². The van der Waals surface area contributed by atoms with Gasteiger partial charge in [-0.2, -0.15) is 0 Å². The molecule has 0 atom stereocenters. The molecule has 0 bridgehead atoms. The van der Waals surface area contributed by atoms with E-state index in [-0.39, 0.29) is 5.91 Å². The lowest BCUT2D eigenvalue weighted by Gasteiger charge is -2.08. The van der Waals surface area contributed by atoms with Crippen molar-refractivity contribution in [2.24, 2.45) is 0 Å². The number of hydrogen-bond donors (Lipinski definition) is 2. The first-order valence-electron chi connectivity index (χ1n) is 6.79. The molecule has 0 aliphatic carbocycles. The summed E-state index contributed by atoms with van der Waals surface area (Å²) in [5, 5.41) is 2.90. The van der Waals surface area contributed by atoms with Crippen molar-refractivity contribution in [1.29, 1.82) is 0 Å². The van der Waals surface area contributed by atoms with Crippen molar-refractivity contribution in [2.75, 3.05) is 5.73 Å². The molecular weight excluding hydrogens is 248 g/mol. The number of nitrogen functional groups attached to an aromatic ring is 1. The van der Waals surface area contributed by atoms with Gasteiger partial charge in [0, 0.05) is 17.8 Å². The third-order valence-electron chi connectivity index (χ3n) is 3.27. The summed E-state index contributed by atoms with van der Waals surface area (Å²) in [6.07, 6.45) is 0. The second-order valence-corrected chi connectivity index (χ2v) is 5.20. The molecular formula is C17H20N2O. The van der Waals surface area contributed by atoms with Crippen LogP contribution in [0, 0.1) is 0 Å². The Bertz CT molecular complexity index is 571. The molecule has 2 rings (SSSR count). The average Bonchev–Trinajstić information content (AvgIpc) is 2.46. The molecule has 0 spiro atoms. The van der Waals surface area contributed by atoms with Gasteiger partial charge in [-0.3, -0.25) is 4.79 Å². The maximum absolute atomic E-state index is 12.0. The Hall–Kier alpha value is -2.29. The van der Waals surface area contributed by atoms with Gasteiger partial charge in [-0.05, 0) is 41.3 Å². The molecule has 0 heterocycles. The summed E-state index contributed by atoms with van der Waals surface area (Å²) in [6.45, 7) is 4.78. The normalized spacial score (nSPS) is 10.6. The van der Waals surface area contributed by atoms with Crippen LogP contribution < -0.4 is 11.1 Å². The number of nitrogens with two attached hydrogens (primary N) is 1. The first-order valence-corrected chi connectivity index (χ1v) is 6.79. The van der Waals surface area contributed by atoms with E-state index in [1.54, 1.807) is 0 Å². The maximum Gasteiger partial charge on any atom is 0.251 e. The zero-order chi connectivity index (χ0) is 14.5. The minimum absolute atomic E-state index is 0.0582. The molecule has 2 aromatic carbocycles. The smallest absolute Gasteiger partial charge is 0.251 e. The first kappa shape index (κ1) is 14.1. The van der Waals surface area contributed by atoms with E-state index < -0.39 is 0 Å². The minimum atomic E-state index is -0.0582. The van der Waals surface area contributed by atoms with Gasteiger partial charge < -0.3 is 11.1 Å². The fraction of sp³-hybridized carbons (Fsp3) is 0.235. The number of hydrogen-bond acceptors (Lipinski definition) is 2. The summed E-state index contributed by atoms with van der Waals surface area (Å²) in [5.41, 5.74) is 9.31. The van der Waals surface area contributed by atoms with E-state index in [1.165, 1.54) is 5.56 Å². The summed E-state index contributed by atoms with van der Waals surface area (Å²) in [6, 6.07) is 15.2. The van der Waals surface area contributed by atoms with E-state index in [4.69, 9.17) is 5.73 Å². The molecule has 0 saturated heterocycles. The van der Waals surface area contributed by atoms with Crippen molar-refractivity contribution in [2.45, 2.75) is 26.3 Å². The van der Waals surface area contributed by atoms with Crippen LogP contribution >= 0.6 is 0 Å². The van der Waals surface area contributed by atoms with Crippen molar-refractivity contribution in [3.05, 3.63) is 65.2 Å². The fourth-order valence-electron chi connectivity index (χ4n) is 1.94. The molecule has 0 aliphatic heterocycles. The Morgan fingerprint density at radius 2 is 1.65 bits per heavy atom. The largest absolute Gasteiger partial charge is 0.399 e. The molecule has 3 heteroatoms. The molecule has 2 aromatic rings. The molecule has 104 valence electrons. The monoisotopic (exact) mass is 268 g/mol. The van der Waals surface area contributed by atoms with Crippen LogP contribution in [-0.2, 0) is 6.54 Å². The number of benzene rings is 2. The lowest BCUT2D eigenvalue weighted by Crippen LogP contribution is -2.22. The van der Waals surface area contributed by atoms with Gasteiger partial charge in [0.25, 0.3) is 5.91 Å². The molecule has 0 aliphatic rings. The predicted octanol–water partition coefficient (Wildman–Crippen LogP) is 3.32. The second kappa shape index (κ2) is 6.24. The van der Waals surface area contributed by atoms with Crippen LogP contribution in [0.1, 0.15) is 41.3 Å². The highest BCUT2D eigenvalue weighted by molar-refractivity contribution is 5.94. The van der Waals surface area contributed by atoms with Crippen LogP contribution in [-0.4, -0.2) is 5.91 Å². The third kappa shape index (κ3) is 3.60. The van der Waals surface area contributed by atoms with Crippen LogP contribution in [0.5, 0.6) is 0 Å². The lowest BCUT2D eigenvalue weighted by atomic mass is 10.0. The summed E-state index contributed by atoms with van der Waals surface area (Å²) < 4.78 is 0. The Labute approximate surface area is 119 Å². The molecule has 0 radical (unpaired) electrons.